The number of aromatic nitrogens is 4. The Morgan fingerprint density at radius 1 is 1.16 bits per heavy atom. The first kappa shape index (κ1) is 31.2. The molecule has 1 aliphatic carbocycles. The Balaban J connectivity index is 1.10. The molecule has 1 N–H and O–H groups in total. The Bertz CT molecular complexity index is 1720. The molecular formula is C35H39ClFN5O3. The number of esters is 1. The summed E-state index contributed by atoms with van der Waals surface area (Å²) in [6.07, 6.45) is 8.81. The Labute approximate surface area is 267 Å². The van der Waals surface area contributed by atoms with Crippen molar-refractivity contribution in [3.05, 3.63) is 89.5 Å². The lowest BCUT2D eigenvalue weighted by Crippen LogP contribution is -2.38. The Morgan fingerprint density at radius 2 is 1.93 bits per heavy atom. The van der Waals surface area contributed by atoms with Crippen molar-refractivity contribution in [3.63, 3.8) is 0 Å². The predicted molar refractivity (Wildman–Crippen MR) is 174 cm³/mol. The van der Waals surface area contributed by atoms with E-state index in [0.717, 1.165) is 43.6 Å². The quantitative estimate of drug-likeness (QED) is 0.149. The molecule has 1 fully saturated rings. The molecule has 1 saturated heterocycles. The number of benzene rings is 2. The van der Waals surface area contributed by atoms with Crippen LogP contribution in [0, 0.1) is 17.7 Å². The number of nitrogens with zero attached hydrogens (tertiary/aromatic N) is 4. The lowest BCUT2D eigenvalue weighted by molar-refractivity contribution is 0.0454. The number of likely N-dealkylation sites (tertiary alicyclic amines) is 1. The number of rotatable bonds is 10. The van der Waals surface area contributed by atoms with Gasteiger partial charge in [0.25, 0.3) is 0 Å². The molecule has 0 bridgehead atoms. The van der Waals surface area contributed by atoms with E-state index >= 15 is 0 Å². The van der Waals surface area contributed by atoms with Crippen molar-refractivity contribution in [2.45, 2.75) is 44.7 Å². The van der Waals surface area contributed by atoms with Crippen molar-refractivity contribution >= 4 is 34.0 Å². The van der Waals surface area contributed by atoms with Crippen molar-refractivity contribution in [2.75, 3.05) is 33.4 Å². The summed E-state index contributed by atoms with van der Waals surface area (Å²) in [5.41, 5.74) is 5.23. The maximum atomic E-state index is 14.2. The molecule has 1 atom stereocenters. The zero-order chi connectivity index (χ0) is 31.6. The van der Waals surface area contributed by atoms with E-state index in [-0.39, 0.29) is 24.0 Å². The van der Waals surface area contributed by atoms with Gasteiger partial charge in [0, 0.05) is 48.7 Å². The number of alkyl halides is 1. The molecule has 0 saturated carbocycles. The molecule has 10 heteroatoms. The number of halogens is 2. The molecule has 0 amide bonds. The molecule has 0 radical (unpaired) electrons. The smallest absolute Gasteiger partial charge is 0.355 e. The number of carbonyl (C=O) groups excluding carboxylic acids is 1. The lowest BCUT2D eigenvalue weighted by atomic mass is 9.89. The first-order chi connectivity index (χ1) is 21.7. The molecule has 236 valence electrons. The third-order valence-corrected chi connectivity index (χ3v) is 9.13. The van der Waals surface area contributed by atoms with Crippen molar-refractivity contribution in [1.82, 2.24) is 24.9 Å². The predicted octanol–water partition coefficient (Wildman–Crippen LogP) is 7.09. The lowest BCUT2D eigenvalue weighted by Gasteiger charge is -2.36. The van der Waals surface area contributed by atoms with E-state index in [0.29, 0.717) is 41.0 Å². The highest BCUT2D eigenvalue weighted by atomic mass is 35.5. The Morgan fingerprint density at radius 3 is 2.67 bits per heavy atom. The van der Waals surface area contributed by atoms with E-state index in [9.17, 15) is 9.18 Å². The summed E-state index contributed by atoms with van der Waals surface area (Å²) in [7, 11) is 1.67. The number of piperidine rings is 1. The number of aromatic amines is 1. The second kappa shape index (κ2) is 13.3. The van der Waals surface area contributed by atoms with Crippen LogP contribution in [-0.2, 0) is 16.0 Å². The minimum Gasteiger partial charge on any atom is -0.461 e. The van der Waals surface area contributed by atoms with Gasteiger partial charge in [-0.1, -0.05) is 78.7 Å². The maximum absolute atomic E-state index is 14.2. The van der Waals surface area contributed by atoms with Crippen LogP contribution in [-0.4, -0.2) is 69.3 Å². The van der Waals surface area contributed by atoms with Crippen molar-refractivity contribution in [3.8, 4) is 11.3 Å². The van der Waals surface area contributed by atoms with E-state index in [1.165, 1.54) is 17.7 Å². The third-order valence-electron chi connectivity index (χ3n) is 8.64. The van der Waals surface area contributed by atoms with Crippen LogP contribution in [0.15, 0.2) is 72.5 Å². The van der Waals surface area contributed by atoms with E-state index in [1.54, 1.807) is 13.2 Å². The molecule has 0 spiro atoms. The summed E-state index contributed by atoms with van der Waals surface area (Å²) in [6.45, 7) is 7.73. The van der Waals surface area contributed by atoms with Gasteiger partial charge in [0.2, 0.25) is 0 Å². The second-order valence-electron chi connectivity index (χ2n) is 12.5. The molecule has 2 aromatic carbocycles. The molecule has 8 nitrogen and oxygen atoms in total. The topological polar surface area (TPSA) is 85.3 Å². The summed E-state index contributed by atoms with van der Waals surface area (Å²) in [6, 6.07) is 14.5. The number of hydrogen-bond acceptors (Lipinski definition) is 6. The number of nitrogens with one attached hydrogen (secondary N) is 1. The fraction of sp³-hybridized carbons (Fsp3) is 0.400. The molecule has 2 aliphatic rings. The Hall–Kier alpha value is -3.79. The zero-order valence-corrected chi connectivity index (χ0v) is 26.7. The van der Waals surface area contributed by atoms with Gasteiger partial charge in [-0.05, 0) is 61.5 Å². The van der Waals surface area contributed by atoms with Crippen LogP contribution < -0.4 is 0 Å². The summed E-state index contributed by atoms with van der Waals surface area (Å²) in [5, 5.41) is 8.48. The van der Waals surface area contributed by atoms with Gasteiger partial charge in [0.15, 0.2) is 5.06 Å². The normalized spacial score (nSPS) is 19.6. The first-order valence-electron chi connectivity index (χ1n) is 15.5. The van der Waals surface area contributed by atoms with Crippen LogP contribution >= 0.6 is 11.6 Å². The van der Waals surface area contributed by atoms with Gasteiger partial charge in [0.1, 0.15) is 17.2 Å². The molecule has 6 rings (SSSR count). The van der Waals surface area contributed by atoms with Gasteiger partial charge in [-0.25, -0.2) is 9.18 Å². The van der Waals surface area contributed by atoms with Gasteiger partial charge in [-0.3, -0.25) is 9.58 Å². The highest BCUT2D eigenvalue weighted by molar-refractivity contribution is 6.29. The molecule has 2 aromatic heterocycles. The standard InChI is InChI=1S/C35H39ClFN5O3/c1-23(2)22-45-34(43)33-32(28-17-27(37)10-12-30(28)38-33)31-21-42(40-39-31)20-24-13-15-41(16-14-24)19-25-9-11-29(35(36,18-25)44-3)26-7-5-4-6-8-26/h4-12,17,21,23-24,38H,13-16,18-20,22H2,1-3H3. The zero-order valence-electron chi connectivity index (χ0n) is 25.9. The molecule has 45 heavy (non-hydrogen) atoms. The van der Waals surface area contributed by atoms with Gasteiger partial charge < -0.3 is 14.5 Å². The van der Waals surface area contributed by atoms with Crippen molar-refractivity contribution in [1.29, 1.82) is 0 Å². The second-order valence-corrected chi connectivity index (χ2v) is 13.1. The molecule has 3 heterocycles. The van der Waals surface area contributed by atoms with E-state index in [1.807, 2.05) is 42.9 Å². The van der Waals surface area contributed by atoms with E-state index < -0.39 is 11.0 Å². The minimum atomic E-state index is -0.879. The molecular weight excluding hydrogens is 593 g/mol. The highest BCUT2D eigenvalue weighted by Crippen LogP contribution is 2.42. The van der Waals surface area contributed by atoms with E-state index in [4.69, 9.17) is 21.1 Å². The maximum Gasteiger partial charge on any atom is 0.355 e. The van der Waals surface area contributed by atoms with Crippen LogP contribution in [0.5, 0.6) is 0 Å². The number of fused-ring (bicyclic) bond motifs is 1. The van der Waals surface area contributed by atoms with Gasteiger partial charge in [-0.2, -0.15) is 0 Å². The number of methoxy groups -OCH3 is 1. The third kappa shape index (κ3) is 6.90. The summed E-state index contributed by atoms with van der Waals surface area (Å²) < 4.78 is 27.4. The fourth-order valence-electron chi connectivity index (χ4n) is 6.27. The van der Waals surface area contributed by atoms with Crippen molar-refractivity contribution in [2.24, 2.45) is 11.8 Å². The number of H-pyrrole nitrogens is 1. The Kier molecular flexibility index (Phi) is 9.21. The summed E-state index contributed by atoms with van der Waals surface area (Å²) in [5.74, 6) is -0.259. The van der Waals surface area contributed by atoms with E-state index in [2.05, 4.69) is 44.5 Å². The number of allylic oxidation sites excluding steroid dienone is 2. The first-order valence-corrected chi connectivity index (χ1v) is 15.9. The van der Waals surface area contributed by atoms with Crippen LogP contribution in [0.2, 0.25) is 0 Å². The summed E-state index contributed by atoms with van der Waals surface area (Å²) in [4.78, 5) is 18.6. The van der Waals surface area contributed by atoms with Crippen LogP contribution in [0.1, 0.15) is 49.2 Å². The van der Waals surface area contributed by atoms with Crippen LogP contribution in [0.3, 0.4) is 0 Å². The van der Waals surface area contributed by atoms with Gasteiger partial charge >= 0.3 is 5.97 Å². The number of hydrogen-bond donors (Lipinski definition) is 1. The monoisotopic (exact) mass is 631 g/mol. The fourth-order valence-corrected chi connectivity index (χ4v) is 6.61. The average Bonchev–Trinajstić information content (AvgIpc) is 3.65. The van der Waals surface area contributed by atoms with Crippen LogP contribution in [0.4, 0.5) is 4.39 Å². The minimum absolute atomic E-state index is 0.189. The van der Waals surface area contributed by atoms with Gasteiger partial charge in [0.05, 0.1) is 12.8 Å². The SMILES string of the molecule is COC1(Cl)CC(CN2CCC(Cn3cc(-c4c(C(=O)OCC(C)C)[nH]c5ccc(F)cc45)nn3)CC2)=CC=C1c1ccccc1. The molecule has 1 aliphatic heterocycles. The highest BCUT2D eigenvalue weighted by Gasteiger charge is 2.36. The molecule has 4 aromatic rings. The average molecular weight is 632 g/mol. The van der Waals surface area contributed by atoms with Crippen molar-refractivity contribution < 1.29 is 18.7 Å². The summed E-state index contributed by atoms with van der Waals surface area (Å²) >= 11 is 7.01. The van der Waals surface area contributed by atoms with Crippen LogP contribution in [0.25, 0.3) is 27.7 Å². The molecule has 1 unspecified atom stereocenters. The number of ether oxygens (including phenoxy) is 2. The number of carbonyl (C=O) groups is 1. The largest absolute Gasteiger partial charge is 0.461 e. The van der Waals surface area contributed by atoms with Gasteiger partial charge in [-0.15, -0.1) is 5.10 Å².